The van der Waals surface area contributed by atoms with Gasteiger partial charge in [-0.05, 0) is 18.7 Å². The summed E-state index contributed by atoms with van der Waals surface area (Å²) in [6, 6.07) is 4.41. The molecular weight excluding hydrogens is 271 g/mol. The van der Waals surface area contributed by atoms with Crippen molar-refractivity contribution in [2.45, 2.75) is 19.1 Å². The second-order valence-electron chi connectivity index (χ2n) is 4.75. The molecule has 0 radical (unpaired) electrons. The van der Waals surface area contributed by atoms with Gasteiger partial charge in [0, 0.05) is 11.6 Å². The van der Waals surface area contributed by atoms with E-state index in [4.69, 9.17) is 4.74 Å². The molecule has 1 aromatic rings. The molecule has 0 bridgehead atoms. The highest BCUT2D eigenvalue weighted by molar-refractivity contribution is 5.98. The molecule has 0 saturated carbocycles. The van der Waals surface area contributed by atoms with E-state index in [1.807, 2.05) is 6.92 Å². The van der Waals surface area contributed by atoms with Crippen molar-refractivity contribution in [1.82, 2.24) is 5.32 Å². The summed E-state index contributed by atoms with van der Waals surface area (Å²) < 4.78 is 43.2. The maximum atomic E-state index is 12.7. The molecule has 1 fully saturated rings. The standard InChI is InChI=1S/C14H16F3NO2/c1-2-18-12-8-20-7-11(12)13(19)9-4-3-5-10(6-9)14(15,16)17/h3-6,11-12,18H,2,7-8H2,1H3. The van der Waals surface area contributed by atoms with Crippen molar-refractivity contribution in [1.29, 1.82) is 0 Å². The summed E-state index contributed by atoms with van der Waals surface area (Å²) in [4.78, 5) is 12.3. The highest BCUT2D eigenvalue weighted by Crippen LogP contribution is 2.30. The van der Waals surface area contributed by atoms with Crippen LogP contribution in [0.15, 0.2) is 24.3 Å². The lowest BCUT2D eigenvalue weighted by Gasteiger charge is -2.17. The van der Waals surface area contributed by atoms with E-state index < -0.39 is 17.7 Å². The molecule has 20 heavy (non-hydrogen) atoms. The number of likely N-dealkylation sites (N-methyl/N-ethyl adjacent to an activating group) is 1. The van der Waals surface area contributed by atoms with Gasteiger partial charge in [0.15, 0.2) is 5.78 Å². The third kappa shape index (κ3) is 3.19. The molecule has 1 heterocycles. The van der Waals surface area contributed by atoms with E-state index in [2.05, 4.69) is 5.32 Å². The Bertz CT molecular complexity index is 488. The van der Waals surface area contributed by atoms with Crippen LogP contribution in [0.1, 0.15) is 22.8 Å². The topological polar surface area (TPSA) is 38.3 Å². The lowest BCUT2D eigenvalue weighted by atomic mass is 9.92. The Morgan fingerprint density at radius 2 is 2.15 bits per heavy atom. The number of ether oxygens (including phenoxy) is 1. The predicted octanol–water partition coefficient (Wildman–Crippen LogP) is 2.51. The predicted molar refractivity (Wildman–Crippen MR) is 67.5 cm³/mol. The SMILES string of the molecule is CCNC1COCC1C(=O)c1cccc(C(F)(F)F)c1. The van der Waals surface area contributed by atoms with Crippen LogP contribution < -0.4 is 5.32 Å². The van der Waals surface area contributed by atoms with E-state index in [0.717, 1.165) is 12.1 Å². The first-order valence-corrected chi connectivity index (χ1v) is 6.46. The van der Waals surface area contributed by atoms with Crippen LogP contribution >= 0.6 is 0 Å². The van der Waals surface area contributed by atoms with Crippen molar-refractivity contribution < 1.29 is 22.7 Å². The molecule has 1 saturated heterocycles. The Morgan fingerprint density at radius 3 is 2.80 bits per heavy atom. The highest BCUT2D eigenvalue weighted by atomic mass is 19.4. The van der Waals surface area contributed by atoms with Gasteiger partial charge in [-0.3, -0.25) is 4.79 Å². The Hall–Kier alpha value is -1.40. The summed E-state index contributed by atoms with van der Waals surface area (Å²) in [7, 11) is 0. The molecule has 1 aliphatic heterocycles. The van der Waals surface area contributed by atoms with Gasteiger partial charge in [-0.25, -0.2) is 0 Å². The normalized spacial score (nSPS) is 23.0. The van der Waals surface area contributed by atoms with Crippen molar-refractivity contribution in [2.24, 2.45) is 5.92 Å². The van der Waals surface area contributed by atoms with Crippen molar-refractivity contribution in [2.75, 3.05) is 19.8 Å². The monoisotopic (exact) mass is 287 g/mol. The minimum Gasteiger partial charge on any atom is -0.379 e. The Morgan fingerprint density at radius 1 is 1.40 bits per heavy atom. The van der Waals surface area contributed by atoms with E-state index in [0.29, 0.717) is 13.2 Å². The molecule has 0 amide bonds. The number of nitrogens with one attached hydrogen (secondary N) is 1. The van der Waals surface area contributed by atoms with Crippen LogP contribution in [0, 0.1) is 5.92 Å². The first-order chi connectivity index (χ1) is 9.43. The Labute approximate surface area is 115 Å². The number of carbonyl (C=O) groups is 1. The number of hydrogen-bond donors (Lipinski definition) is 1. The number of Topliss-reactive ketones (excluding diaryl/α,β-unsaturated/α-hetero) is 1. The molecule has 110 valence electrons. The summed E-state index contributed by atoms with van der Waals surface area (Å²) in [5.41, 5.74) is -0.722. The zero-order chi connectivity index (χ0) is 14.8. The molecular formula is C14H16F3NO2. The number of ketones is 1. The van der Waals surface area contributed by atoms with Crippen molar-refractivity contribution >= 4 is 5.78 Å². The first-order valence-electron chi connectivity index (χ1n) is 6.46. The molecule has 2 unspecified atom stereocenters. The first kappa shape index (κ1) is 15.0. The van der Waals surface area contributed by atoms with Crippen LogP contribution in [0.5, 0.6) is 0 Å². The molecule has 1 aliphatic rings. The molecule has 0 spiro atoms. The molecule has 0 aliphatic carbocycles. The fraction of sp³-hybridized carbons (Fsp3) is 0.500. The minimum atomic E-state index is -4.44. The maximum absolute atomic E-state index is 12.7. The summed E-state index contributed by atoms with van der Waals surface area (Å²) in [5.74, 6) is -0.738. The zero-order valence-electron chi connectivity index (χ0n) is 11.0. The summed E-state index contributed by atoms with van der Waals surface area (Å²) >= 11 is 0. The minimum absolute atomic E-state index is 0.0817. The van der Waals surface area contributed by atoms with E-state index in [1.165, 1.54) is 12.1 Å². The van der Waals surface area contributed by atoms with Crippen LogP contribution in [-0.2, 0) is 10.9 Å². The van der Waals surface area contributed by atoms with Gasteiger partial charge >= 0.3 is 6.18 Å². The van der Waals surface area contributed by atoms with E-state index in [1.54, 1.807) is 0 Å². The molecule has 3 nitrogen and oxygen atoms in total. The van der Waals surface area contributed by atoms with E-state index in [9.17, 15) is 18.0 Å². The number of rotatable bonds is 4. The van der Waals surface area contributed by atoms with E-state index >= 15 is 0 Å². The van der Waals surface area contributed by atoms with E-state index in [-0.39, 0.29) is 24.0 Å². The molecule has 1 N–H and O–H groups in total. The van der Waals surface area contributed by atoms with Crippen LogP contribution in [-0.4, -0.2) is 31.6 Å². The maximum Gasteiger partial charge on any atom is 0.416 e. The van der Waals surface area contributed by atoms with Gasteiger partial charge in [-0.15, -0.1) is 0 Å². The van der Waals surface area contributed by atoms with Gasteiger partial charge in [-0.2, -0.15) is 13.2 Å². The smallest absolute Gasteiger partial charge is 0.379 e. The largest absolute Gasteiger partial charge is 0.416 e. The third-order valence-electron chi connectivity index (χ3n) is 3.36. The average Bonchev–Trinajstić information content (AvgIpc) is 2.86. The molecule has 1 aromatic carbocycles. The van der Waals surface area contributed by atoms with Crippen molar-refractivity contribution in [3.05, 3.63) is 35.4 Å². The quantitative estimate of drug-likeness (QED) is 0.865. The molecule has 2 rings (SSSR count). The van der Waals surface area contributed by atoms with Gasteiger partial charge in [-0.1, -0.05) is 19.1 Å². The van der Waals surface area contributed by atoms with Gasteiger partial charge < -0.3 is 10.1 Å². The van der Waals surface area contributed by atoms with Crippen LogP contribution in [0.3, 0.4) is 0 Å². The van der Waals surface area contributed by atoms with Gasteiger partial charge in [0.2, 0.25) is 0 Å². The van der Waals surface area contributed by atoms with Gasteiger partial charge in [0.25, 0.3) is 0 Å². The van der Waals surface area contributed by atoms with Crippen LogP contribution in [0.25, 0.3) is 0 Å². The number of benzene rings is 1. The van der Waals surface area contributed by atoms with Crippen LogP contribution in [0.2, 0.25) is 0 Å². The lowest BCUT2D eigenvalue weighted by molar-refractivity contribution is -0.137. The average molecular weight is 287 g/mol. The highest BCUT2D eigenvalue weighted by Gasteiger charge is 2.35. The second-order valence-corrected chi connectivity index (χ2v) is 4.75. The van der Waals surface area contributed by atoms with Crippen molar-refractivity contribution in [3.63, 3.8) is 0 Å². The summed E-state index contributed by atoms with van der Waals surface area (Å²) in [6.45, 7) is 3.24. The number of carbonyl (C=O) groups excluding carboxylic acids is 1. The van der Waals surface area contributed by atoms with Gasteiger partial charge in [0.05, 0.1) is 24.7 Å². The second kappa shape index (κ2) is 5.93. The van der Waals surface area contributed by atoms with Crippen LogP contribution in [0.4, 0.5) is 13.2 Å². The lowest BCUT2D eigenvalue weighted by Crippen LogP contribution is -2.39. The number of alkyl halides is 3. The molecule has 0 aromatic heterocycles. The summed E-state index contributed by atoms with van der Waals surface area (Å²) in [5, 5.41) is 3.12. The third-order valence-corrected chi connectivity index (χ3v) is 3.36. The zero-order valence-corrected chi connectivity index (χ0v) is 11.0. The fourth-order valence-corrected chi connectivity index (χ4v) is 2.34. The molecule has 6 heteroatoms. The Balaban J connectivity index is 2.21. The number of halogens is 3. The Kier molecular flexibility index (Phi) is 4.45. The van der Waals surface area contributed by atoms with Gasteiger partial charge in [0.1, 0.15) is 0 Å². The fourth-order valence-electron chi connectivity index (χ4n) is 2.34. The number of hydrogen-bond acceptors (Lipinski definition) is 3. The van der Waals surface area contributed by atoms with Crippen molar-refractivity contribution in [3.8, 4) is 0 Å². The molecule has 2 atom stereocenters. The summed E-state index contributed by atoms with van der Waals surface area (Å²) in [6.07, 6.45) is -4.44.